The summed E-state index contributed by atoms with van der Waals surface area (Å²) in [5, 5.41) is 5.37. The number of nitrogens with zero attached hydrogens (tertiary/aromatic N) is 3. The van der Waals surface area contributed by atoms with Gasteiger partial charge in [0.25, 0.3) is 0 Å². The number of hydrogen-bond acceptors (Lipinski definition) is 6. The smallest absolute Gasteiger partial charge is 0.229 e. The van der Waals surface area contributed by atoms with Gasteiger partial charge >= 0.3 is 0 Å². The molecule has 2 aromatic rings. The second-order valence-electron chi connectivity index (χ2n) is 6.14. The Morgan fingerprint density at radius 3 is 2.71 bits per heavy atom. The molecule has 2 amide bonds. The molecule has 0 unspecified atom stereocenters. The van der Waals surface area contributed by atoms with E-state index in [1.54, 1.807) is 11.3 Å². The van der Waals surface area contributed by atoms with Crippen molar-refractivity contribution in [3.05, 3.63) is 17.5 Å². The van der Waals surface area contributed by atoms with Crippen molar-refractivity contribution in [3.8, 4) is 10.7 Å². The van der Waals surface area contributed by atoms with Crippen LogP contribution in [0.2, 0.25) is 0 Å². The number of piperidine rings is 1. The minimum absolute atomic E-state index is 0.00689. The molecule has 1 saturated heterocycles. The van der Waals surface area contributed by atoms with Crippen LogP contribution in [0.3, 0.4) is 0 Å². The summed E-state index contributed by atoms with van der Waals surface area (Å²) in [6, 6.07) is 3.91. The fourth-order valence-electron chi connectivity index (χ4n) is 2.71. The van der Waals surface area contributed by atoms with E-state index in [-0.39, 0.29) is 23.7 Å². The molecule has 0 aromatic carbocycles. The third-order valence-corrected chi connectivity index (χ3v) is 5.57. The van der Waals surface area contributed by atoms with Gasteiger partial charge in [0.2, 0.25) is 16.9 Å². The van der Waals surface area contributed by atoms with Gasteiger partial charge in [-0.2, -0.15) is 9.36 Å². The summed E-state index contributed by atoms with van der Waals surface area (Å²) in [6.07, 6.45) is 1.39. The average Bonchev–Trinajstić information content (AvgIpc) is 3.25. The van der Waals surface area contributed by atoms with E-state index in [0.717, 1.165) is 4.88 Å². The van der Waals surface area contributed by atoms with Gasteiger partial charge in [-0.15, -0.1) is 11.3 Å². The van der Waals surface area contributed by atoms with Gasteiger partial charge in [-0.3, -0.25) is 9.59 Å². The zero-order chi connectivity index (χ0) is 17.1. The molecule has 3 heterocycles. The summed E-state index contributed by atoms with van der Waals surface area (Å²) in [5.41, 5.74) is 0. The number of anilines is 1. The van der Waals surface area contributed by atoms with Gasteiger partial charge in [0.05, 0.1) is 4.88 Å². The highest BCUT2D eigenvalue weighted by Gasteiger charge is 2.28. The van der Waals surface area contributed by atoms with Crippen molar-refractivity contribution < 1.29 is 9.59 Å². The highest BCUT2D eigenvalue weighted by atomic mass is 32.1. The van der Waals surface area contributed by atoms with Crippen LogP contribution in [0.5, 0.6) is 0 Å². The molecule has 0 atom stereocenters. The zero-order valence-electron chi connectivity index (χ0n) is 13.7. The van der Waals surface area contributed by atoms with Gasteiger partial charge in [0, 0.05) is 36.5 Å². The van der Waals surface area contributed by atoms with Crippen LogP contribution >= 0.6 is 22.9 Å². The van der Waals surface area contributed by atoms with Gasteiger partial charge in [-0.1, -0.05) is 19.9 Å². The minimum atomic E-state index is -0.0738. The van der Waals surface area contributed by atoms with Crippen LogP contribution in [-0.2, 0) is 9.59 Å². The summed E-state index contributed by atoms with van der Waals surface area (Å²) in [6.45, 7) is 5.10. The summed E-state index contributed by atoms with van der Waals surface area (Å²) in [4.78, 5) is 31.6. The Kier molecular flexibility index (Phi) is 5.25. The van der Waals surface area contributed by atoms with Crippen LogP contribution < -0.4 is 5.32 Å². The van der Waals surface area contributed by atoms with E-state index >= 15 is 0 Å². The lowest BCUT2D eigenvalue weighted by atomic mass is 9.95. The third-order valence-electron chi connectivity index (χ3n) is 4.07. The zero-order valence-corrected chi connectivity index (χ0v) is 15.3. The lowest BCUT2D eigenvalue weighted by Crippen LogP contribution is -2.43. The predicted octanol–water partition coefficient (Wildman–Crippen LogP) is 3.10. The van der Waals surface area contributed by atoms with E-state index in [4.69, 9.17) is 0 Å². The number of carbonyl (C=O) groups excluding carboxylic acids is 2. The molecule has 2 aromatic heterocycles. The van der Waals surface area contributed by atoms with E-state index in [9.17, 15) is 9.59 Å². The van der Waals surface area contributed by atoms with Crippen LogP contribution in [0.4, 0.5) is 5.13 Å². The SMILES string of the molecule is CC(C)C(=O)N1CCC(C(=O)Nc2nc(-c3cccs3)ns2)CC1. The summed E-state index contributed by atoms with van der Waals surface area (Å²) >= 11 is 2.77. The van der Waals surface area contributed by atoms with Crippen molar-refractivity contribution in [1.29, 1.82) is 0 Å². The Hall–Kier alpha value is -1.80. The van der Waals surface area contributed by atoms with Crippen LogP contribution in [0.25, 0.3) is 10.7 Å². The molecule has 0 bridgehead atoms. The Morgan fingerprint density at radius 1 is 1.33 bits per heavy atom. The van der Waals surface area contributed by atoms with Gasteiger partial charge in [0.1, 0.15) is 0 Å². The van der Waals surface area contributed by atoms with Crippen LogP contribution in [0, 0.1) is 11.8 Å². The molecule has 0 aliphatic carbocycles. The predicted molar refractivity (Wildman–Crippen MR) is 96.0 cm³/mol. The Morgan fingerprint density at radius 2 is 2.08 bits per heavy atom. The molecule has 128 valence electrons. The molecule has 1 N–H and O–H groups in total. The topological polar surface area (TPSA) is 75.2 Å². The largest absolute Gasteiger partial charge is 0.342 e. The van der Waals surface area contributed by atoms with Crippen molar-refractivity contribution in [1.82, 2.24) is 14.3 Å². The number of likely N-dealkylation sites (tertiary alicyclic amines) is 1. The first kappa shape index (κ1) is 17.0. The molecular weight excluding hydrogens is 344 g/mol. The maximum Gasteiger partial charge on any atom is 0.229 e. The Bertz CT molecular complexity index is 703. The van der Waals surface area contributed by atoms with E-state index in [2.05, 4.69) is 14.7 Å². The molecule has 1 aliphatic heterocycles. The van der Waals surface area contributed by atoms with Gasteiger partial charge in [-0.25, -0.2) is 0 Å². The highest BCUT2D eigenvalue weighted by molar-refractivity contribution is 7.14. The first-order valence-corrected chi connectivity index (χ1v) is 9.67. The van der Waals surface area contributed by atoms with Crippen molar-refractivity contribution in [3.63, 3.8) is 0 Å². The first-order valence-electron chi connectivity index (χ1n) is 8.02. The number of nitrogens with one attached hydrogen (secondary N) is 1. The molecule has 0 radical (unpaired) electrons. The monoisotopic (exact) mass is 364 g/mol. The van der Waals surface area contributed by atoms with Crippen molar-refractivity contribution in [2.24, 2.45) is 11.8 Å². The van der Waals surface area contributed by atoms with Crippen LogP contribution in [0.15, 0.2) is 17.5 Å². The molecular formula is C16H20N4O2S2. The lowest BCUT2D eigenvalue weighted by molar-refractivity contribution is -0.137. The fraction of sp³-hybridized carbons (Fsp3) is 0.500. The first-order chi connectivity index (χ1) is 11.5. The summed E-state index contributed by atoms with van der Waals surface area (Å²) in [5.74, 6) is 0.726. The van der Waals surface area contributed by atoms with Crippen LogP contribution in [-0.4, -0.2) is 39.2 Å². The number of amides is 2. The van der Waals surface area contributed by atoms with E-state index < -0.39 is 0 Å². The minimum Gasteiger partial charge on any atom is -0.342 e. The molecule has 24 heavy (non-hydrogen) atoms. The number of rotatable bonds is 4. The number of thiophene rings is 1. The lowest BCUT2D eigenvalue weighted by Gasteiger charge is -2.32. The third kappa shape index (κ3) is 3.81. The molecule has 1 aliphatic rings. The Balaban J connectivity index is 1.54. The summed E-state index contributed by atoms with van der Waals surface area (Å²) in [7, 11) is 0. The van der Waals surface area contributed by atoms with Gasteiger partial charge < -0.3 is 10.2 Å². The van der Waals surface area contributed by atoms with Crippen LogP contribution in [0.1, 0.15) is 26.7 Å². The van der Waals surface area contributed by atoms with Gasteiger partial charge in [0.15, 0.2) is 5.82 Å². The second kappa shape index (κ2) is 7.40. The molecule has 1 fully saturated rings. The number of aromatic nitrogens is 2. The average molecular weight is 364 g/mol. The number of hydrogen-bond donors (Lipinski definition) is 1. The maximum absolute atomic E-state index is 12.4. The van der Waals surface area contributed by atoms with Crippen molar-refractivity contribution in [2.75, 3.05) is 18.4 Å². The van der Waals surface area contributed by atoms with E-state index in [1.165, 1.54) is 11.5 Å². The molecule has 6 nitrogen and oxygen atoms in total. The molecule has 8 heteroatoms. The maximum atomic E-state index is 12.4. The van der Waals surface area contributed by atoms with Crippen molar-refractivity contribution in [2.45, 2.75) is 26.7 Å². The molecule has 3 rings (SSSR count). The van der Waals surface area contributed by atoms with E-state index in [1.807, 2.05) is 36.3 Å². The summed E-state index contributed by atoms with van der Waals surface area (Å²) < 4.78 is 4.28. The van der Waals surface area contributed by atoms with Crippen molar-refractivity contribution >= 4 is 39.8 Å². The fourth-order valence-corrected chi connectivity index (χ4v) is 4.02. The normalized spacial score (nSPS) is 15.7. The standard InChI is InChI=1S/C16H20N4O2S2/c1-10(2)15(22)20-7-5-11(6-8-20)14(21)18-16-17-13(19-24-16)12-4-3-9-23-12/h3-4,9-11H,5-8H2,1-2H3,(H,17,18,19,21). The molecule has 0 saturated carbocycles. The highest BCUT2D eigenvalue weighted by Crippen LogP contribution is 2.26. The van der Waals surface area contributed by atoms with Gasteiger partial charge in [-0.05, 0) is 24.3 Å². The molecule has 0 spiro atoms. The number of carbonyl (C=O) groups is 2. The Labute approximate surface area is 149 Å². The van der Waals surface area contributed by atoms with E-state index in [0.29, 0.717) is 36.9 Å². The quantitative estimate of drug-likeness (QED) is 0.904. The second-order valence-corrected chi connectivity index (χ2v) is 7.84.